The van der Waals surface area contributed by atoms with E-state index < -0.39 is 5.97 Å². The molecule has 244 valence electrons. The maximum atomic E-state index is 13.4. The molecule has 0 saturated carbocycles. The second kappa shape index (κ2) is 15.3. The van der Waals surface area contributed by atoms with Crippen LogP contribution in [0, 0.1) is 18.3 Å². The third kappa shape index (κ3) is 9.36. The van der Waals surface area contributed by atoms with Gasteiger partial charge in [0.15, 0.2) is 0 Å². The highest BCUT2D eigenvalue weighted by atomic mass is 35.5. The molecule has 0 aliphatic heterocycles. The SMILES string of the molecule is Cc1c(CC(=O)OCCc2ccc(OCCCOC(=O)C(C)CC(C)(C)C)cc2)c2cc(O)ccc2n1C(=O)c1ccc(Cl)cc1. The van der Waals surface area contributed by atoms with Crippen molar-refractivity contribution in [3.05, 3.63) is 94.1 Å². The van der Waals surface area contributed by atoms with Crippen molar-refractivity contribution in [3.8, 4) is 11.5 Å². The van der Waals surface area contributed by atoms with Crippen LogP contribution >= 0.6 is 11.6 Å². The molecule has 0 radical (unpaired) electrons. The summed E-state index contributed by atoms with van der Waals surface area (Å²) in [6, 6.07) is 18.9. The summed E-state index contributed by atoms with van der Waals surface area (Å²) in [6.45, 7) is 10.9. The third-order valence-corrected chi connectivity index (χ3v) is 7.89. The van der Waals surface area contributed by atoms with Crippen LogP contribution in [-0.4, -0.2) is 47.3 Å². The lowest BCUT2D eigenvalue weighted by atomic mass is 9.85. The van der Waals surface area contributed by atoms with Crippen molar-refractivity contribution < 1.29 is 33.7 Å². The first-order valence-electron chi connectivity index (χ1n) is 15.5. The number of nitrogens with zero attached hydrogens (tertiary/aromatic N) is 1. The molecule has 0 aliphatic rings. The number of rotatable bonds is 13. The molecule has 1 unspecified atom stereocenters. The van der Waals surface area contributed by atoms with E-state index in [1.807, 2.05) is 31.2 Å². The Morgan fingerprint density at radius 2 is 1.61 bits per heavy atom. The van der Waals surface area contributed by atoms with Crippen molar-refractivity contribution in [2.24, 2.45) is 11.3 Å². The van der Waals surface area contributed by atoms with Gasteiger partial charge in [0.1, 0.15) is 11.5 Å². The standard InChI is InChI=1S/C37H42ClNO7/c1-24(23-37(3,4)5)36(43)46-19-6-18-44-30-14-7-26(8-15-30)17-20-45-34(41)22-31-25(2)39(33-16-13-29(40)21-32(31)33)35(42)27-9-11-28(38)12-10-27/h7-16,21,24,40H,6,17-20,22-23H2,1-5H3. The number of esters is 2. The van der Waals surface area contributed by atoms with Crippen LogP contribution < -0.4 is 4.74 Å². The molecule has 0 fully saturated rings. The molecule has 0 spiro atoms. The van der Waals surface area contributed by atoms with Crippen LogP contribution in [0.15, 0.2) is 66.7 Å². The molecule has 3 aromatic carbocycles. The number of ether oxygens (including phenoxy) is 3. The number of aromatic nitrogens is 1. The summed E-state index contributed by atoms with van der Waals surface area (Å²) < 4.78 is 18.3. The lowest BCUT2D eigenvalue weighted by molar-refractivity contribution is -0.149. The molecule has 8 nitrogen and oxygen atoms in total. The number of aromatic hydroxyl groups is 1. The van der Waals surface area contributed by atoms with Crippen molar-refractivity contribution in [1.29, 1.82) is 0 Å². The average molecular weight is 648 g/mol. The van der Waals surface area contributed by atoms with Crippen molar-refractivity contribution in [2.75, 3.05) is 19.8 Å². The predicted octanol–water partition coefficient (Wildman–Crippen LogP) is 7.71. The topological polar surface area (TPSA) is 104 Å². The number of phenolic OH excluding ortho intramolecular Hbond substituents is 1. The Balaban J connectivity index is 1.26. The summed E-state index contributed by atoms with van der Waals surface area (Å²) in [5, 5.41) is 11.3. The molecule has 1 atom stereocenters. The molecule has 0 aliphatic carbocycles. The van der Waals surface area contributed by atoms with E-state index in [-0.39, 0.29) is 42.0 Å². The smallest absolute Gasteiger partial charge is 0.310 e. The zero-order valence-electron chi connectivity index (χ0n) is 27.1. The molecule has 0 saturated heterocycles. The van der Waals surface area contributed by atoms with Gasteiger partial charge in [-0.2, -0.15) is 0 Å². The maximum Gasteiger partial charge on any atom is 0.310 e. The normalized spacial score (nSPS) is 12.1. The highest BCUT2D eigenvalue weighted by Crippen LogP contribution is 2.31. The maximum absolute atomic E-state index is 13.4. The van der Waals surface area contributed by atoms with Gasteiger partial charge in [-0.05, 0) is 84.5 Å². The van der Waals surface area contributed by atoms with Gasteiger partial charge in [0.25, 0.3) is 5.91 Å². The largest absolute Gasteiger partial charge is 0.508 e. The van der Waals surface area contributed by atoms with Gasteiger partial charge >= 0.3 is 11.9 Å². The highest BCUT2D eigenvalue weighted by molar-refractivity contribution is 6.30. The number of hydrogen-bond acceptors (Lipinski definition) is 7. The molecule has 0 amide bonds. The lowest BCUT2D eigenvalue weighted by Crippen LogP contribution is -2.21. The van der Waals surface area contributed by atoms with Gasteiger partial charge in [-0.1, -0.05) is 51.4 Å². The Morgan fingerprint density at radius 3 is 2.28 bits per heavy atom. The second-order valence-electron chi connectivity index (χ2n) is 12.7. The minimum atomic E-state index is -0.433. The molecule has 46 heavy (non-hydrogen) atoms. The monoisotopic (exact) mass is 647 g/mol. The minimum absolute atomic E-state index is 0.0373. The van der Waals surface area contributed by atoms with Crippen LogP contribution in [0.25, 0.3) is 10.9 Å². The first-order valence-corrected chi connectivity index (χ1v) is 15.9. The fraction of sp³-hybridized carbons (Fsp3) is 0.378. The number of carbonyl (C=O) groups is 3. The average Bonchev–Trinajstić information content (AvgIpc) is 3.26. The van der Waals surface area contributed by atoms with Gasteiger partial charge in [0.2, 0.25) is 0 Å². The minimum Gasteiger partial charge on any atom is -0.508 e. The first-order chi connectivity index (χ1) is 21.8. The highest BCUT2D eigenvalue weighted by Gasteiger charge is 2.23. The Bertz CT molecular complexity index is 1670. The van der Waals surface area contributed by atoms with Crippen molar-refractivity contribution in [2.45, 2.75) is 60.3 Å². The van der Waals surface area contributed by atoms with E-state index in [0.717, 1.165) is 12.0 Å². The Labute approximate surface area is 275 Å². The quantitative estimate of drug-likeness (QED) is 0.117. The van der Waals surface area contributed by atoms with E-state index >= 15 is 0 Å². The van der Waals surface area contributed by atoms with E-state index in [4.69, 9.17) is 25.8 Å². The van der Waals surface area contributed by atoms with Gasteiger partial charge < -0.3 is 19.3 Å². The third-order valence-electron chi connectivity index (χ3n) is 7.63. The zero-order chi connectivity index (χ0) is 33.4. The summed E-state index contributed by atoms with van der Waals surface area (Å²) in [6.07, 6.45) is 1.84. The van der Waals surface area contributed by atoms with Crippen LogP contribution in [-0.2, 0) is 31.9 Å². The van der Waals surface area contributed by atoms with Crippen LogP contribution in [0.1, 0.15) is 67.7 Å². The molecule has 1 heterocycles. The van der Waals surface area contributed by atoms with Gasteiger partial charge in [-0.3, -0.25) is 19.0 Å². The van der Waals surface area contributed by atoms with E-state index in [2.05, 4.69) is 20.8 Å². The molecule has 1 N–H and O–H groups in total. The second-order valence-corrected chi connectivity index (χ2v) is 13.2. The number of phenols is 1. The molecule has 0 bridgehead atoms. The molecule has 1 aromatic heterocycles. The van der Waals surface area contributed by atoms with Crippen molar-refractivity contribution in [1.82, 2.24) is 4.57 Å². The fourth-order valence-corrected chi connectivity index (χ4v) is 5.60. The molecule has 4 rings (SSSR count). The molecule has 4 aromatic rings. The number of benzene rings is 3. The summed E-state index contributed by atoms with van der Waals surface area (Å²) in [5.41, 5.74) is 3.31. The lowest BCUT2D eigenvalue weighted by Gasteiger charge is -2.22. The van der Waals surface area contributed by atoms with Gasteiger partial charge in [-0.25, -0.2) is 0 Å². The number of fused-ring (bicyclic) bond motifs is 1. The molecule has 9 heteroatoms. The number of halogens is 1. The first kappa shape index (κ1) is 34.6. The van der Waals surface area contributed by atoms with Crippen LogP contribution in [0.5, 0.6) is 11.5 Å². The van der Waals surface area contributed by atoms with Gasteiger partial charge in [0, 0.05) is 34.5 Å². The Morgan fingerprint density at radius 1 is 0.913 bits per heavy atom. The Hall–Kier alpha value is -4.30. The fourth-order valence-electron chi connectivity index (χ4n) is 5.47. The van der Waals surface area contributed by atoms with E-state index in [0.29, 0.717) is 64.6 Å². The van der Waals surface area contributed by atoms with Crippen molar-refractivity contribution in [3.63, 3.8) is 0 Å². The number of carbonyl (C=O) groups excluding carboxylic acids is 3. The van der Waals surface area contributed by atoms with Crippen molar-refractivity contribution >= 4 is 40.3 Å². The predicted molar refractivity (Wildman–Crippen MR) is 179 cm³/mol. The van der Waals surface area contributed by atoms with Gasteiger partial charge in [0.05, 0.1) is 37.7 Å². The van der Waals surface area contributed by atoms with E-state index in [1.54, 1.807) is 47.9 Å². The summed E-state index contributed by atoms with van der Waals surface area (Å²) in [4.78, 5) is 38.5. The van der Waals surface area contributed by atoms with Crippen LogP contribution in [0.3, 0.4) is 0 Å². The summed E-state index contributed by atoms with van der Waals surface area (Å²) in [7, 11) is 0. The van der Waals surface area contributed by atoms with Gasteiger partial charge in [-0.15, -0.1) is 0 Å². The van der Waals surface area contributed by atoms with E-state index in [9.17, 15) is 19.5 Å². The molecular weight excluding hydrogens is 606 g/mol. The summed E-state index contributed by atoms with van der Waals surface area (Å²) >= 11 is 6.00. The summed E-state index contributed by atoms with van der Waals surface area (Å²) in [5.74, 6) is -0.263. The van der Waals surface area contributed by atoms with E-state index in [1.165, 1.54) is 6.07 Å². The Kier molecular flexibility index (Phi) is 11.5. The zero-order valence-corrected chi connectivity index (χ0v) is 27.9. The van der Waals surface area contributed by atoms with Crippen LogP contribution in [0.4, 0.5) is 0 Å². The number of hydrogen-bond donors (Lipinski definition) is 1. The van der Waals surface area contributed by atoms with Crippen LogP contribution in [0.2, 0.25) is 5.02 Å². The molecular formula is C37H42ClNO7.